The quantitative estimate of drug-likeness (QED) is 0.0242. The lowest BCUT2D eigenvalue weighted by molar-refractivity contribution is -0.137. The number of amidine groups is 1. The van der Waals surface area contributed by atoms with Crippen LogP contribution < -0.4 is 30.2 Å². The van der Waals surface area contributed by atoms with E-state index >= 15 is 0 Å². The number of para-hydroxylation sites is 2. The summed E-state index contributed by atoms with van der Waals surface area (Å²) in [5.74, 6) is -0.542. The standard InChI is InChI=1S/C49H68N4O9S.C32H49ClN6O3/c1-6-7-8-9-10-11-12-13-14-15-16-17-18-19-20-23-33-52-45(50-40-25-21-22-26-43(40)63(52,57)58)44(53-47(55)49(3,4)62-48(53)56)46(54)51-41-36-37(2)27-32-42(41)61-35-24-34-60-39-30-28-38(59-5)29-31-39;1-5-6-7-8-9-10-11-12-13-14-15-16-17-20-23-38-28(34-24(2)37-38)27(39-30(41)32(3,4)36-31(39)42)29(40)35-26-22-19-18-21-25(26)33/h21-22,25-32,36,44H,6-20,23-24,33-35H2,1-5H3,(H,51,54);18-19,21-22,27H,5-17,20,23H2,1-4H3,(H,35,40)(H,36,42). The molecule has 24 heteroatoms. The molecular weight excluding hydrogens is 1370 g/mol. The van der Waals surface area contributed by atoms with Crippen molar-refractivity contribution >= 4 is 80.3 Å². The van der Waals surface area contributed by atoms with Crippen LogP contribution in [-0.2, 0) is 40.5 Å². The Bertz CT molecular complexity index is 3750. The maximum Gasteiger partial charge on any atom is 0.418 e. The van der Waals surface area contributed by atoms with Gasteiger partial charge in [-0.1, -0.05) is 236 Å². The summed E-state index contributed by atoms with van der Waals surface area (Å²) in [6.07, 6.45) is 35.7. The molecule has 4 heterocycles. The molecule has 22 nitrogen and oxygen atoms in total. The molecule has 105 heavy (non-hydrogen) atoms. The number of cyclic esters (lactones) is 1. The molecule has 0 saturated carbocycles. The molecule has 2 saturated heterocycles. The molecule has 4 aromatic carbocycles. The number of nitrogens with one attached hydrogen (secondary N) is 3. The number of methoxy groups -OCH3 is 1. The Morgan fingerprint density at radius 3 is 1.59 bits per heavy atom. The summed E-state index contributed by atoms with van der Waals surface area (Å²) in [5.41, 5.74) is -1.20. The molecule has 2 atom stereocenters. The maximum absolute atomic E-state index is 14.7. The van der Waals surface area contributed by atoms with E-state index in [1.807, 2.05) is 37.3 Å². The number of ether oxygens (including phenoxy) is 4. The number of halogens is 1. The molecule has 8 rings (SSSR count). The first-order valence-electron chi connectivity index (χ1n) is 38.7. The normalized spacial score (nSPS) is 15.5. The fourth-order valence-corrected chi connectivity index (χ4v) is 15.1. The van der Waals surface area contributed by atoms with E-state index in [2.05, 4.69) is 39.9 Å². The van der Waals surface area contributed by atoms with Gasteiger partial charge in [0.15, 0.2) is 29.3 Å². The summed E-state index contributed by atoms with van der Waals surface area (Å²) < 4.78 is 54.2. The van der Waals surface area contributed by atoms with Gasteiger partial charge in [-0.15, -0.1) is 0 Å². The Morgan fingerprint density at radius 2 is 1.07 bits per heavy atom. The molecule has 0 aliphatic carbocycles. The average Bonchev–Trinajstić information content (AvgIpc) is 1.73. The SMILES string of the molecule is CCCCCCCCCCCCCCCCCCN1C(C(C(=O)Nc2cc(C)ccc2OCCCOc2ccc(OC)cc2)N2C(=O)OC(C)(C)C2=O)=Nc2ccccc2S1(=O)=O.CCCCCCCCCCCCCCCCn1nc(C)nc1C(C(=O)Nc1ccccc1Cl)N1C(=O)NC(C)(C)C1=O. The number of fused-ring (bicyclic) bond motifs is 1. The van der Waals surface area contributed by atoms with Crippen molar-refractivity contribution in [2.24, 2.45) is 4.99 Å². The molecule has 5 aromatic rings. The molecule has 0 radical (unpaired) electrons. The van der Waals surface area contributed by atoms with Gasteiger partial charge in [0.1, 0.15) is 33.5 Å². The average molecular weight is 1490 g/mol. The van der Waals surface area contributed by atoms with Gasteiger partial charge in [-0.05, 0) is 121 Å². The Morgan fingerprint density at radius 1 is 0.571 bits per heavy atom. The van der Waals surface area contributed by atoms with E-state index in [0.29, 0.717) is 58.9 Å². The number of unbranched alkanes of at least 4 members (excludes halogenated alkanes) is 28. The predicted octanol–water partition coefficient (Wildman–Crippen LogP) is 18.6. The summed E-state index contributed by atoms with van der Waals surface area (Å²) in [4.78, 5) is 93.0. The summed E-state index contributed by atoms with van der Waals surface area (Å²) in [5, 5.41) is 13.2. The largest absolute Gasteiger partial charge is 0.497 e. The fourth-order valence-electron chi connectivity index (χ4n) is 13.3. The van der Waals surface area contributed by atoms with Crippen molar-refractivity contribution in [1.82, 2.24) is 34.2 Å². The van der Waals surface area contributed by atoms with Crippen molar-refractivity contribution in [1.29, 1.82) is 0 Å². The Labute approximate surface area is 629 Å². The van der Waals surface area contributed by atoms with Gasteiger partial charge in [-0.25, -0.2) is 42.5 Å². The number of rotatable bonds is 47. The number of carbonyl (C=O) groups excluding carboxylic acids is 6. The van der Waals surface area contributed by atoms with Gasteiger partial charge >= 0.3 is 12.1 Å². The molecule has 2 unspecified atom stereocenters. The second-order valence-electron chi connectivity index (χ2n) is 28.9. The molecule has 2 fully saturated rings. The lowest BCUT2D eigenvalue weighted by Gasteiger charge is -2.35. The van der Waals surface area contributed by atoms with Gasteiger partial charge in [0, 0.05) is 19.5 Å². The number of aliphatic imine (C=N–C) groups is 1. The highest BCUT2D eigenvalue weighted by Crippen LogP contribution is 2.38. The third kappa shape index (κ3) is 25.3. The molecule has 1 aromatic heterocycles. The van der Waals surface area contributed by atoms with Gasteiger partial charge in [-0.2, -0.15) is 5.10 Å². The number of imide groups is 2. The minimum Gasteiger partial charge on any atom is -0.497 e. The summed E-state index contributed by atoms with van der Waals surface area (Å²) in [7, 11) is -2.67. The maximum atomic E-state index is 14.7. The number of aromatic nitrogens is 3. The van der Waals surface area contributed by atoms with E-state index in [1.165, 1.54) is 167 Å². The van der Waals surface area contributed by atoms with Crippen LogP contribution in [0.5, 0.6) is 17.2 Å². The van der Waals surface area contributed by atoms with Crippen molar-refractivity contribution in [3.05, 3.63) is 113 Å². The lowest BCUT2D eigenvalue weighted by Crippen LogP contribution is -2.59. The number of benzene rings is 4. The minimum absolute atomic E-state index is 0.00437. The van der Waals surface area contributed by atoms with Crippen LogP contribution in [0.15, 0.2) is 101 Å². The van der Waals surface area contributed by atoms with Gasteiger partial charge in [0.05, 0.1) is 42.4 Å². The van der Waals surface area contributed by atoms with Crippen LogP contribution in [-0.4, -0.2) is 123 Å². The highest BCUT2D eigenvalue weighted by molar-refractivity contribution is 7.90. The zero-order valence-corrected chi connectivity index (χ0v) is 65.5. The zero-order valence-electron chi connectivity index (χ0n) is 63.9. The highest BCUT2D eigenvalue weighted by Gasteiger charge is 2.56. The first kappa shape index (κ1) is 84.2. The second kappa shape index (κ2) is 42.9. The Kier molecular flexibility index (Phi) is 34.4. The second-order valence-corrected chi connectivity index (χ2v) is 31.2. The first-order valence-corrected chi connectivity index (χ1v) is 40.5. The van der Waals surface area contributed by atoms with Crippen molar-refractivity contribution in [3.63, 3.8) is 0 Å². The molecule has 0 bridgehead atoms. The number of carbonyl (C=O) groups is 6. The predicted molar refractivity (Wildman–Crippen MR) is 414 cm³/mol. The van der Waals surface area contributed by atoms with Crippen LogP contribution in [0.2, 0.25) is 5.02 Å². The van der Waals surface area contributed by atoms with E-state index < -0.39 is 69.0 Å². The molecular formula is C81H117ClN10O12S. The van der Waals surface area contributed by atoms with Crippen molar-refractivity contribution in [2.45, 2.75) is 289 Å². The number of sulfonamides is 1. The van der Waals surface area contributed by atoms with Crippen LogP contribution in [0.4, 0.5) is 26.7 Å². The smallest absolute Gasteiger partial charge is 0.418 e. The van der Waals surface area contributed by atoms with Crippen LogP contribution in [0, 0.1) is 13.8 Å². The van der Waals surface area contributed by atoms with Crippen LogP contribution in [0.1, 0.15) is 264 Å². The lowest BCUT2D eigenvalue weighted by atomic mass is 10.0. The van der Waals surface area contributed by atoms with Crippen molar-refractivity contribution < 1.29 is 56.1 Å². The highest BCUT2D eigenvalue weighted by atomic mass is 35.5. The number of nitrogens with zero attached hydrogens (tertiary/aromatic N) is 7. The van der Waals surface area contributed by atoms with Gasteiger partial charge < -0.3 is 34.9 Å². The third-order valence-electron chi connectivity index (χ3n) is 19.2. The van der Waals surface area contributed by atoms with E-state index in [-0.39, 0.29) is 41.1 Å². The topological polar surface area (TPSA) is 262 Å². The number of amides is 7. The molecule has 3 aliphatic heterocycles. The number of hydrogen-bond acceptors (Lipinski definition) is 15. The monoisotopic (exact) mass is 1490 g/mol. The fraction of sp³-hybridized carbons (Fsp3) is 0.593. The number of hydrogen-bond donors (Lipinski definition) is 3. The van der Waals surface area contributed by atoms with Crippen LogP contribution in [0.3, 0.4) is 0 Å². The Hall–Kier alpha value is -8.05. The molecule has 3 aliphatic rings. The first-order chi connectivity index (χ1) is 50.5. The minimum atomic E-state index is -4.26. The number of urea groups is 1. The molecule has 3 N–H and O–H groups in total. The number of anilines is 2. The molecule has 7 amide bonds. The third-order valence-corrected chi connectivity index (χ3v) is 21.4. The van der Waals surface area contributed by atoms with E-state index in [4.69, 9.17) is 35.5 Å². The van der Waals surface area contributed by atoms with Crippen molar-refractivity contribution in [3.8, 4) is 17.2 Å². The summed E-state index contributed by atoms with van der Waals surface area (Å²) in [6, 6.07) is 21.8. The van der Waals surface area contributed by atoms with E-state index in [0.717, 1.165) is 65.5 Å². The zero-order chi connectivity index (χ0) is 75.8. The Balaban J connectivity index is 0.000000318. The van der Waals surface area contributed by atoms with Crippen molar-refractivity contribution in [2.75, 3.05) is 37.5 Å². The van der Waals surface area contributed by atoms with Crippen LogP contribution in [0.25, 0.3) is 0 Å². The summed E-state index contributed by atoms with van der Waals surface area (Å²) >= 11 is 6.28. The molecule has 576 valence electrons. The molecule has 0 spiro atoms. The van der Waals surface area contributed by atoms with E-state index in [1.54, 1.807) is 81.1 Å². The summed E-state index contributed by atoms with van der Waals surface area (Å²) in [6.45, 7) is 15.3. The van der Waals surface area contributed by atoms with E-state index in [9.17, 15) is 37.2 Å². The van der Waals surface area contributed by atoms with Gasteiger partial charge in [0.2, 0.25) is 0 Å². The van der Waals surface area contributed by atoms with Crippen LogP contribution >= 0.6 is 11.6 Å². The van der Waals surface area contributed by atoms with Gasteiger partial charge in [-0.3, -0.25) is 23.5 Å². The van der Waals surface area contributed by atoms with Gasteiger partial charge in [0.25, 0.3) is 33.7 Å². The number of aryl methyl sites for hydroxylation is 3.